The van der Waals surface area contributed by atoms with Crippen molar-refractivity contribution in [3.63, 3.8) is 0 Å². The molecule has 6 amide bonds. The van der Waals surface area contributed by atoms with Crippen molar-refractivity contribution in [2.75, 3.05) is 79.3 Å². The first-order valence-electron chi connectivity index (χ1n) is 47.9. The van der Waals surface area contributed by atoms with E-state index in [-0.39, 0.29) is 0 Å². The van der Waals surface area contributed by atoms with E-state index in [1.807, 2.05) is 0 Å². The quantitative estimate of drug-likeness (QED) is 0.0270. The highest BCUT2D eigenvalue weighted by molar-refractivity contribution is 5.75. The van der Waals surface area contributed by atoms with E-state index in [0.29, 0.717) is 0 Å². The molecule has 38 N–H and O–H groups in total. The van der Waals surface area contributed by atoms with Crippen LogP contribution in [0.25, 0.3) is 0 Å². The normalized spacial score (nSPS) is 46.5. The van der Waals surface area contributed by atoms with Gasteiger partial charge in [-0.25, -0.2) is 0 Å². The maximum absolute atomic E-state index is 13.5. The zero-order valence-corrected chi connectivity index (χ0v) is 81.3. The van der Waals surface area contributed by atoms with Gasteiger partial charge >= 0.3 is 0 Å². The maximum atomic E-state index is 13.5. The highest BCUT2D eigenvalue weighted by Gasteiger charge is 2.63. The second-order valence-electron chi connectivity index (χ2n) is 37.9. The summed E-state index contributed by atoms with van der Waals surface area (Å²) in [5, 5.41) is 378. The van der Waals surface area contributed by atoms with Gasteiger partial charge in [0.05, 0.1) is 91.4 Å². The van der Waals surface area contributed by atoms with Crippen molar-refractivity contribution in [3.05, 3.63) is 0 Å². The number of rotatable bonds is 43. The summed E-state index contributed by atoms with van der Waals surface area (Å²) in [4.78, 5) is 78.3. The van der Waals surface area contributed by atoms with Crippen molar-refractivity contribution < 1.29 is 296 Å². The molecule has 66 nitrogen and oxygen atoms in total. The third kappa shape index (κ3) is 28.7. The van der Waals surface area contributed by atoms with E-state index in [4.69, 9.17) is 104 Å². The summed E-state index contributed by atoms with van der Waals surface area (Å²) in [6, 6.07) is -12.0. The van der Waals surface area contributed by atoms with Gasteiger partial charge < -0.3 is 300 Å². The van der Waals surface area contributed by atoms with Crippen LogP contribution in [0.2, 0.25) is 0 Å². The van der Waals surface area contributed by atoms with Crippen LogP contribution in [0, 0.1) is 0 Å². The Morgan fingerprint density at radius 2 is 0.533 bits per heavy atom. The number of hydrogen-bond acceptors (Lipinski definition) is 60. The molecular weight excluding hydrogens is 2050 g/mol. The number of aliphatic hydroxyl groups is 32. The predicted molar refractivity (Wildman–Crippen MR) is 465 cm³/mol. The Morgan fingerprint density at radius 3 is 0.940 bits per heavy atom. The molecule has 0 spiro atoms. The van der Waals surface area contributed by atoms with Crippen LogP contribution in [0.5, 0.6) is 0 Å². The summed E-state index contributed by atoms with van der Waals surface area (Å²) in [5.41, 5.74) is 0. The minimum atomic E-state index is -2.84. The van der Waals surface area contributed by atoms with Gasteiger partial charge in [-0.3, -0.25) is 28.8 Å². The van der Waals surface area contributed by atoms with Gasteiger partial charge in [-0.05, 0) is 6.92 Å². The van der Waals surface area contributed by atoms with Gasteiger partial charge in [-0.15, -0.1) is 0 Å². The molecule has 11 aliphatic heterocycles. The van der Waals surface area contributed by atoms with Gasteiger partial charge in [0.2, 0.25) is 35.4 Å². The summed E-state index contributed by atoms with van der Waals surface area (Å²) >= 11 is 0. The Balaban J connectivity index is 1.01. The number of amides is 6. The Bertz CT molecular complexity index is 4190. The molecular formula is C84H142N6O60. The van der Waals surface area contributed by atoms with Crippen LogP contribution in [0.15, 0.2) is 0 Å². The zero-order valence-electron chi connectivity index (χ0n) is 81.3. The maximum Gasteiger partial charge on any atom is 0.217 e. The molecule has 0 aromatic rings. The number of nitrogens with one attached hydrogen (secondary N) is 6. The van der Waals surface area contributed by atoms with Crippen LogP contribution in [-0.2, 0) is 133 Å². The summed E-state index contributed by atoms with van der Waals surface area (Å²) in [7, 11) is 0. The van der Waals surface area contributed by atoms with Crippen molar-refractivity contribution in [2.45, 2.75) is 410 Å². The molecule has 150 heavy (non-hydrogen) atoms. The summed E-state index contributed by atoms with van der Waals surface area (Å²) < 4.78 is 133. The highest BCUT2D eigenvalue weighted by Crippen LogP contribution is 2.42. The van der Waals surface area contributed by atoms with Gasteiger partial charge in [0.1, 0.15) is 280 Å². The molecule has 11 aliphatic rings. The van der Waals surface area contributed by atoms with Gasteiger partial charge in [-0.1, -0.05) is 0 Å². The number of carbonyl (C=O) groups is 6. The molecule has 59 atom stereocenters. The highest BCUT2D eigenvalue weighted by atomic mass is 16.8. The molecule has 66 heteroatoms. The molecule has 0 aromatic heterocycles. The van der Waals surface area contributed by atoms with E-state index in [9.17, 15) is 192 Å². The largest absolute Gasteiger partial charge is 0.394 e. The molecule has 868 valence electrons. The van der Waals surface area contributed by atoms with E-state index < -0.39 is 477 Å². The Morgan fingerprint density at radius 1 is 0.247 bits per heavy atom. The lowest BCUT2D eigenvalue weighted by atomic mass is 9.93. The first-order chi connectivity index (χ1) is 70.9. The van der Waals surface area contributed by atoms with E-state index in [2.05, 4.69) is 31.9 Å². The average molecular weight is 2200 g/mol. The standard InChI is InChI=1S/C84H142N6O60/c1-20-44(107)57(120)61(124)79(132-20)129-17-28(106)66(45(108)27(8-91)85-21(2)100)143-77-42(89-25(6)104)55(118)69(35(15-98)138-77)147-82-65(128)71(148-84-73(64(127)70(36(16-99)140-84)144-75-39(86-22(3)101)52(115)46(109)29(9-92)133-75)150-78-43(90-26(7)105)56(119)68(34(14-97)139-78)146-81-63(126)59(122)49(112)32(12-95)136-81)51(114)38(141-82)19-131-83-72(149-76-40(87-23(4)102)53(116)47(110)30(10-93)134-76)60(123)50(113)37(142-83)18-130-74-41(88-24(5)103)54(117)67(33(13-96)137-74)145-80-62(125)58(121)48(111)31(11-94)135-80/h20,27-84,91-99,106-128H,8-19H2,1-7H3,(H,85,100)(H,86,101)(H,87,102)(H,88,103)(H,89,104)(H,90,105)/t20-,27-,28+,29+,30+,31+,32+,33+,34+,35+,36+,37+,38+,39+,40+,41+,42+,43+,44+,45+,46+,47+,48-,49-,50+,51+,52+,53+,54+,55+,56+,57+,58-,59-,60-,61-,62+,63+,64-,65-,66+,67+,68+,69+,70+,71-,72-,73-,74+,75-,76-,77-,78-,79+,80-,81-,82-,83-,84+/m0/s1. The number of aliphatic hydroxyl groups excluding tert-OH is 32. The van der Waals surface area contributed by atoms with Crippen LogP contribution < -0.4 is 31.9 Å². The fraction of sp³-hybridized carbons (Fsp3) is 0.929. The average Bonchev–Trinajstić information content (AvgIpc) is 0.758. The van der Waals surface area contributed by atoms with Crippen LogP contribution in [0.3, 0.4) is 0 Å². The number of carbonyl (C=O) groups excluding carboxylic acids is 6. The lowest BCUT2D eigenvalue weighted by Crippen LogP contribution is -2.71. The molecule has 11 fully saturated rings. The third-order valence-electron chi connectivity index (χ3n) is 27.1. The van der Waals surface area contributed by atoms with Crippen LogP contribution >= 0.6 is 0 Å². The van der Waals surface area contributed by atoms with Gasteiger partial charge in [0, 0.05) is 41.5 Å². The molecule has 11 saturated heterocycles. The van der Waals surface area contributed by atoms with Crippen LogP contribution in [0.1, 0.15) is 48.5 Å². The topological polar surface area (TPSA) is 1030 Å². The van der Waals surface area contributed by atoms with E-state index in [1.54, 1.807) is 0 Å². The summed E-state index contributed by atoms with van der Waals surface area (Å²) in [6.45, 7) is -7.74. The van der Waals surface area contributed by atoms with Crippen LogP contribution in [0.4, 0.5) is 0 Å². The Hall–Kier alpha value is -5.34. The van der Waals surface area contributed by atoms with Gasteiger partial charge in [0.25, 0.3) is 0 Å². The summed E-state index contributed by atoms with van der Waals surface area (Å²) in [6.07, 6.45) is -117. The Labute approximate surface area is 850 Å². The van der Waals surface area contributed by atoms with Crippen molar-refractivity contribution >= 4 is 35.4 Å². The molecule has 0 saturated carbocycles. The van der Waals surface area contributed by atoms with Crippen molar-refractivity contribution in [3.8, 4) is 0 Å². The fourth-order valence-electron chi connectivity index (χ4n) is 19.1. The second kappa shape index (κ2) is 55.4. The second-order valence-corrected chi connectivity index (χ2v) is 37.9. The third-order valence-corrected chi connectivity index (χ3v) is 27.1. The SMILES string of the molecule is CC(=O)N[C@H]1[C@H](O[C@@H]([C@H](O)[C@H](CO)NC(C)=O)[C@H](O)CO[C@@H]2O[C@@H](C)[C@@H](O)[C@@H](O)[C@@H]2O)O[C@H](CO)[C@@H](O[C@@H]2O[C@H](CO[C@H]3O[C@H](CO[C@@H]4O[C@H](CO)[C@@H](O[C@@H]5O[C@H](CO)[C@H](O)[C@H](O)[C@H]5O)[C@H](O)[C@H]4NC(C)=O)[C@@H](O)[C@H](O)[C@@H]3O[C@@H]3O[C@H](CO)[C@@H](O)[C@H](O)[C@H]3NC(C)=O)[C@@H](O)[C@H](O[C@H]3O[C@H](CO)[C@@H](O[C@@H]4O[C@H](CO)[C@@H](O)[C@H](O)[C@H]4NC(C)=O)[C@H](O)[C@@H]3O[C@@H]3O[C@H](CO)[C@@H](O[C@@H]4O[C@H](CO)[C@H](O)[C@H](O)[C@H]4O)[C@H](O)[C@H]3NC(C)=O)[C@@H]2O)[C@@H]1O. The van der Waals surface area contributed by atoms with Gasteiger partial charge in [-0.2, -0.15) is 0 Å². The molecule has 0 bridgehead atoms. The number of hydrogen-bond donors (Lipinski definition) is 38. The van der Waals surface area contributed by atoms with Crippen molar-refractivity contribution in [1.82, 2.24) is 31.9 Å². The minimum absolute atomic E-state index is 0.843. The number of ether oxygens (including phenoxy) is 22. The Kier molecular flexibility index (Phi) is 46.1. The van der Waals surface area contributed by atoms with Crippen molar-refractivity contribution in [2.24, 2.45) is 0 Å². The fourth-order valence-corrected chi connectivity index (χ4v) is 19.1. The van der Waals surface area contributed by atoms with Gasteiger partial charge in [0.15, 0.2) is 69.2 Å². The molecule has 11 heterocycles. The lowest BCUT2D eigenvalue weighted by Gasteiger charge is -2.52. The van der Waals surface area contributed by atoms with Crippen LogP contribution in [-0.4, -0.2) is 640 Å². The minimum Gasteiger partial charge on any atom is -0.394 e. The monoisotopic (exact) mass is 2190 g/mol. The van der Waals surface area contributed by atoms with Crippen molar-refractivity contribution in [1.29, 1.82) is 0 Å². The van der Waals surface area contributed by atoms with E-state index in [0.717, 1.165) is 41.5 Å². The molecule has 0 radical (unpaired) electrons. The molecule has 0 aliphatic carbocycles. The predicted octanol–water partition coefficient (Wildman–Crippen LogP) is -25.6. The lowest BCUT2D eigenvalue weighted by molar-refractivity contribution is -0.405. The summed E-state index contributed by atoms with van der Waals surface area (Å²) in [5.74, 6) is -5.98. The van der Waals surface area contributed by atoms with E-state index in [1.165, 1.54) is 6.92 Å². The smallest absolute Gasteiger partial charge is 0.217 e. The first-order valence-corrected chi connectivity index (χ1v) is 47.9. The molecule has 0 aromatic carbocycles. The molecule has 11 rings (SSSR count). The zero-order chi connectivity index (χ0) is 111. The first kappa shape index (κ1) is 125. The molecule has 0 unspecified atom stereocenters. The van der Waals surface area contributed by atoms with E-state index >= 15 is 0 Å².